The summed E-state index contributed by atoms with van der Waals surface area (Å²) >= 11 is 0. The molecule has 0 saturated heterocycles. The van der Waals surface area contributed by atoms with Crippen LogP contribution in [0, 0.1) is 13.8 Å². The van der Waals surface area contributed by atoms with Gasteiger partial charge in [0.15, 0.2) is 0 Å². The van der Waals surface area contributed by atoms with Gasteiger partial charge >= 0.3 is 6.61 Å². The molecule has 0 spiro atoms. The second kappa shape index (κ2) is 7.93. The summed E-state index contributed by atoms with van der Waals surface area (Å²) < 4.78 is 29.0. The van der Waals surface area contributed by atoms with Crippen molar-refractivity contribution in [1.29, 1.82) is 0 Å². The maximum atomic E-state index is 12.3. The monoisotopic (exact) mass is 301 g/mol. The maximum Gasteiger partial charge on any atom is 0.387 e. The minimum Gasteiger partial charge on any atom is -0.434 e. The molecule has 0 aliphatic rings. The highest BCUT2D eigenvalue weighted by atomic mass is 19.3. The maximum absolute atomic E-state index is 12.3. The standard InChI is InChI=1S/C15H21F2NO3/c1-4-12(19)5-6-18-14(20)11-7-9(2)13(10(3)8-11)21-15(16)17/h7-8,12,15,19H,4-6H2,1-3H3,(H,18,20). The number of rotatable bonds is 7. The molecule has 0 heterocycles. The van der Waals surface area contributed by atoms with Crippen LogP contribution in [0.3, 0.4) is 0 Å². The van der Waals surface area contributed by atoms with Crippen molar-refractivity contribution in [2.75, 3.05) is 6.54 Å². The van der Waals surface area contributed by atoms with Gasteiger partial charge in [-0.05, 0) is 49.9 Å². The zero-order chi connectivity index (χ0) is 16.0. The van der Waals surface area contributed by atoms with Gasteiger partial charge in [0.1, 0.15) is 5.75 Å². The molecule has 0 aliphatic carbocycles. The molecule has 21 heavy (non-hydrogen) atoms. The first kappa shape index (κ1) is 17.4. The van der Waals surface area contributed by atoms with Gasteiger partial charge in [0, 0.05) is 12.1 Å². The average Bonchev–Trinajstić information content (AvgIpc) is 2.41. The molecule has 1 aromatic carbocycles. The molecule has 0 radical (unpaired) electrons. The number of aliphatic hydroxyl groups is 1. The lowest BCUT2D eigenvalue weighted by atomic mass is 10.0. The fourth-order valence-electron chi connectivity index (χ4n) is 2.01. The number of aryl methyl sites for hydroxylation is 2. The van der Waals surface area contributed by atoms with Crippen LogP contribution in [0.25, 0.3) is 0 Å². The lowest BCUT2D eigenvalue weighted by molar-refractivity contribution is -0.0507. The summed E-state index contributed by atoms with van der Waals surface area (Å²) in [5.74, 6) is -0.198. The highest BCUT2D eigenvalue weighted by molar-refractivity contribution is 5.94. The molecule has 118 valence electrons. The van der Waals surface area contributed by atoms with Gasteiger partial charge in [-0.1, -0.05) is 6.92 Å². The molecule has 2 N–H and O–H groups in total. The summed E-state index contributed by atoms with van der Waals surface area (Å²) in [6, 6.07) is 3.02. The summed E-state index contributed by atoms with van der Waals surface area (Å²) in [6.07, 6.45) is 0.677. The first-order valence-electron chi connectivity index (χ1n) is 6.87. The van der Waals surface area contributed by atoms with Crippen molar-refractivity contribution in [3.63, 3.8) is 0 Å². The van der Waals surface area contributed by atoms with Gasteiger partial charge in [-0.2, -0.15) is 8.78 Å². The molecule has 6 heteroatoms. The van der Waals surface area contributed by atoms with E-state index in [0.717, 1.165) is 0 Å². The molecule has 0 aromatic heterocycles. The van der Waals surface area contributed by atoms with Crippen LogP contribution in [-0.4, -0.2) is 30.3 Å². The molecule has 1 unspecified atom stereocenters. The Balaban J connectivity index is 2.73. The van der Waals surface area contributed by atoms with E-state index in [2.05, 4.69) is 10.1 Å². The summed E-state index contributed by atoms with van der Waals surface area (Å²) in [4.78, 5) is 12.0. The zero-order valence-corrected chi connectivity index (χ0v) is 12.5. The van der Waals surface area contributed by atoms with Crippen molar-refractivity contribution in [3.8, 4) is 5.75 Å². The minimum absolute atomic E-state index is 0.1000. The fourth-order valence-corrected chi connectivity index (χ4v) is 2.01. The van der Waals surface area contributed by atoms with E-state index in [0.29, 0.717) is 36.1 Å². The Bertz CT molecular complexity index is 469. The number of alkyl halides is 2. The average molecular weight is 301 g/mol. The number of carbonyl (C=O) groups is 1. The van der Waals surface area contributed by atoms with Gasteiger partial charge in [0.2, 0.25) is 0 Å². The predicted octanol–water partition coefficient (Wildman–Crippen LogP) is 2.80. The second-order valence-electron chi connectivity index (χ2n) is 4.92. The van der Waals surface area contributed by atoms with Crippen LogP contribution in [0.5, 0.6) is 5.75 Å². The van der Waals surface area contributed by atoms with E-state index in [-0.39, 0.29) is 11.7 Å². The van der Waals surface area contributed by atoms with Crippen LogP contribution in [-0.2, 0) is 0 Å². The SMILES string of the molecule is CCC(O)CCNC(=O)c1cc(C)c(OC(F)F)c(C)c1. The quantitative estimate of drug-likeness (QED) is 0.814. The Morgan fingerprint density at radius 1 is 1.33 bits per heavy atom. The molecule has 0 fully saturated rings. The zero-order valence-electron chi connectivity index (χ0n) is 12.5. The summed E-state index contributed by atoms with van der Waals surface area (Å²) in [6.45, 7) is 2.56. The van der Waals surface area contributed by atoms with Crippen molar-refractivity contribution in [2.45, 2.75) is 46.3 Å². The number of carbonyl (C=O) groups excluding carboxylic acids is 1. The highest BCUT2D eigenvalue weighted by Gasteiger charge is 2.14. The molecule has 1 rings (SSSR count). The Morgan fingerprint density at radius 3 is 2.38 bits per heavy atom. The first-order chi connectivity index (χ1) is 9.85. The smallest absolute Gasteiger partial charge is 0.387 e. The second-order valence-corrected chi connectivity index (χ2v) is 4.92. The van der Waals surface area contributed by atoms with E-state index >= 15 is 0 Å². The Kier molecular flexibility index (Phi) is 6.55. The van der Waals surface area contributed by atoms with Crippen molar-refractivity contribution in [2.24, 2.45) is 0 Å². The first-order valence-corrected chi connectivity index (χ1v) is 6.87. The van der Waals surface area contributed by atoms with Crippen molar-refractivity contribution in [3.05, 3.63) is 28.8 Å². The molecule has 0 bridgehead atoms. The number of benzene rings is 1. The van der Waals surface area contributed by atoms with E-state index in [1.54, 1.807) is 13.8 Å². The molecular formula is C15H21F2NO3. The number of hydrogen-bond acceptors (Lipinski definition) is 3. The molecule has 0 aliphatic heterocycles. The third-order valence-corrected chi connectivity index (χ3v) is 3.16. The van der Waals surface area contributed by atoms with Crippen LogP contribution >= 0.6 is 0 Å². The van der Waals surface area contributed by atoms with Gasteiger partial charge in [-0.3, -0.25) is 4.79 Å². The van der Waals surface area contributed by atoms with Gasteiger partial charge in [-0.25, -0.2) is 0 Å². The van der Waals surface area contributed by atoms with Crippen LogP contribution in [0.1, 0.15) is 41.3 Å². The molecule has 4 nitrogen and oxygen atoms in total. The Labute approximate surface area is 123 Å². The van der Waals surface area contributed by atoms with Crippen molar-refractivity contribution in [1.82, 2.24) is 5.32 Å². The van der Waals surface area contributed by atoms with Crippen LogP contribution in [0.15, 0.2) is 12.1 Å². The lowest BCUT2D eigenvalue weighted by Crippen LogP contribution is -2.27. The predicted molar refractivity (Wildman–Crippen MR) is 75.8 cm³/mol. The molecule has 1 aromatic rings. The summed E-state index contributed by atoms with van der Waals surface area (Å²) in [5.41, 5.74) is 1.35. The normalized spacial score (nSPS) is 12.3. The largest absolute Gasteiger partial charge is 0.434 e. The van der Waals surface area contributed by atoms with E-state index in [9.17, 15) is 18.7 Å². The van der Waals surface area contributed by atoms with Crippen molar-refractivity contribution >= 4 is 5.91 Å². The molecule has 0 saturated carbocycles. The van der Waals surface area contributed by atoms with E-state index in [1.807, 2.05) is 6.92 Å². The number of halogens is 2. The van der Waals surface area contributed by atoms with Crippen LogP contribution in [0.2, 0.25) is 0 Å². The summed E-state index contributed by atoms with van der Waals surface area (Å²) in [7, 11) is 0. The number of amides is 1. The molecule has 1 atom stereocenters. The number of ether oxygens (including phenoxy) is 1. The summed E-state index contributed by atoms with van der Waals surface area (Å²) in [5, 5.41) is 12.1. The number of nitrogens with one attached hydrogen (secondary N) is 1. The lowest BCUT2D eigenvalue weighted by Gasteiger charge is -2.14. The molecular weight excluding hydrogens is 280 g/mol. The third kappa shape index (κ3) is 5.30. The van der Waals surface area contributed by atoms with Crippen LogP contribution in [0.4, 0.5) is 8.78 Å². The minimum atomic E-state index is -2.89. The number of hydrogen-bond donors (Lipinski definition) is 2. The van der Waals surface area contributed by atoms with Crippen LogP contribution < -0.4 is 10.1 Å². The fraction of sp³-hybridized carbons (Fsp3) is 0.533. The Hall–Kier alpha value is -1.69. The third-order valence-electron chi connectivity index (χ3n) is 3.16. The van der Waals surface area contributed by atoms with E-state index in [1.165, 1.54) is 12.1 Å². The van der Waals surface area contributed by atoms with Gasteiger partial charge in [0.25, 0.3) is 5.91 Å². The topological polar surface area (TPSA) is 58.6 Å². The highest BCUT2D eigenvalue weighted by Crippen LogP contribution is 2.26. The molecule has 1 amide bonds. The van der Waals surface area contributed by atoms with E-state index < -0.39 is 12.7 Å². The number of aliphatic hydroxyl groups excluding tert-OH is 1. The Morgan fingerprint density at radius 2 is 1.90 bits per heavy atom. The van der Waals surface area contributed by atoms with Gasteiger partial charge in [-0.15, -0.1) is 0 Å². The van der Waals surface area contributed by atoms with Gasteiger partial charge in [0.05, 0.1) is 6.10 Å². The van der Waals surface area contributed by atoms with E-state index in [4.69, 9.17) is 0 Å². The van der Waals surface area contributed by atoms with Gasteiger partial charge < -0.3 is 15.2 Å². The van der Waals surface area contributed by atoms with Crippen molar-refractivity contribution < 1.29 is 23.4 Å².